The summed E-state index contributed by atoms with van der Waals surface area (Å²) < 4.78 is 8.63. The Labute approximate surface area is 138 Å². The van der Waals surface area contributed by atoms with Crippen molar-refractivity contribution in [1.82, 2.24) is 19.0 Å². The van der Waals surface area contributed by atoms with Crippen molar-refractivity contribution in [2.24, 2.45) is 0 Å². The Morgan fingerprint density at radius 2 is 2.21 bits per heavy atom. The van der Waals surface area contributed by atoms with E-state index in [4.69, 9.17) is 4.42 Å². The number of para-hydroxylation sites is 2. The molecule has 0 bridgehead atoms. The molecule has 2 aromatic heterocycles. The number of hydrogen-bond acceptors (Lipinski definition) is 4. The first-order valence-corrected chi connectivity index (χ1v) is 8.06. The standard InChI is InChI=1S/C17H18N4O3/c22-16(11-21-14-5-1-2-6-15(14)24-17(21)23)19-8-3-4-13(10-19)20-9-7-18-12-20/h1-2,5-7,9,12-13H,3-4,8,10-11H2/t13-/m1/s1. The summed E-state index contributed by atoms with van der Waals surface area (Å²) in [6.07, 6.45) is 7.42. The molecule has 1 aliphatic rings. The van der Waals surface area contributed by atoms with Gasteiger partial charge in [0.1, 0.15) is 6.54 Å². The van der Waals surface area contributed by atoms with Gasteiger partial charge in [-0.15, -0.1) is 0 Å². The Bertz CT molecular complexity index is 909. The number of imidazole rings is 1. The number of likely N-dealkylation sites (tertiary alicyclic amines) is 1. The zero-order chi connectivity index (χ0) is 16.5. The summed E-state index contributed by atoms with van der Waals surface area (Å²) in [5, 5.41) is 0. The van der Waals surface area contributed by atoms with Gasteiger partial charge in [0.2, 0.25) is 5.91 Å². The van der Waals surface area contributed by atoms with Crippen LogP contribution in [0, 0.1) is 0 Å². The molecule has 1 aliphatic heterocycles. The van der Waals surface area contributed by atoms with Crippen LogP contribution >= 0.6 is 0 Å². The molecule has 7 heteroatoms. The van der Waals surface area contributed by atoms with Crippen molar-refractivity contribution in [2.45, 2.75) is 25.4 Å². The van der Waals surface area contributed by atoms with E-state index in [0.29, 0.717) is 24.2 Å². The van der Waals surface area contributed by atoms with Crippen molar-refractivity contribution in [3.05, 3.63) is 53.5 Å². The topological polar surface area (TPSA) is 73.3 Å². The van der Waals surface area contributed by atoms with Gasteiger partial charge >= 0.3 is 5.76 Å². The van der Waals surface area contributed by atoms with Gasteiger partial charge in [-0.05, 0) is 25.0 Å². The van der Waals surface area contributed by atoms with Crippen LogP contribution in [0.1, 0.15) is 18.9 Å². The van der Waals surface area contributed by atoms with E-state index in [-0.39, 0.29) is 18.5 Å². The summed E-state index contributed by atoms with van der Waals surface area (Å²) >= 11 is 0. The molecule has 24 heavy (non-hydrogen) atoms. The Morgan fingerprint density at radius 1 is 1.33 bits per heavy atom. The summed E-state index contributed by atoms with van der Waals surface area (Å²) in [4.78, 5) is 30.6. The second-order valence-electron chi connectivity index (χ2n) is 6.07. The number of hydrogen-bond donors (Lipinski definition) is 0. The highest BCUT2D eigenvalue weighted by Crippen LogP contribution is 2.21. The second-order valence-corrected chi connectivity index (χ2v) is 6.07. The third kappa shape index (κ3) is 2.62. The number of piperidine rings is 1. The van der Waals surface area contributed by atoms with E-state index in [9.17, 15) is 9.59 Å². The number of fused-ring (bicyclic) bond motifs is 1. The highest BCUT2D eigenvalue weighted by Gasteiger charge is 2.25. The van der Waals surface area contributed by atoms with Crippen LogP contribution in [0.25, 0.3) is 11.1 Å². The molecule has 0 spiro atoms. The largest absolute Gasteiger partial charge is 0.420 e. The summed E-state index contributed by atoms with van der Waals surface area (Å²) in [5.41, 5.74) is 1.16. The molecule has 1 saturated heterocycles. The molecule has 124 valence electrons. The number of nitrogens with zero attached hydrogens (tertiary/aromatic N) is 4. The highest BCUT2D eigenvalue weighted by atomic mass is 16.4. The average molecular weight is 326 g/mol. The summed E-state index contributed by atoms with van der Waals surface area (Å²) in [6, 6.07) is 7.39. The smallest absolute Gasteiger partial charge is 0.408 e. The van der Waals surface area contributed by atoms with E-state index < -0.39 is 5.76 Å². The van der Waals surface area contributed by atoms with E-state index in [0.717, 1.165) is 12.8 Å². The molecule has 0 radical (unpaired) electrons. The van der Waals surface area contributed by atoms with Crippen LogP contribution in [0.3, 0.4) is 0 Å². The Kier molecular flexibility index (Phi) is 3.68. The molecular weight excluding hydrogens is 308 g/mol. The van der Waals surface area contributed by atoms with Crippen molar-refractivity contribution in [3.8, 4) is 0 Å². The van der Waals surface area contributed by atoms with Gasteiger partial charge < -0.3 is 13.9 Å². The summed E-state index contributed by atoms with van der Waals surface area (Å²) in [7, 11) is 0. The van der Waals surface area contributed by atoms with E-state index in [1.165, 1.54) is 4.57 Å². The molecule has 0 aliphatic carbocycles. The molecule has 1 atom stereocenters. The Balaban J connectivity index is 1.53. The Morgan fingerprint density at radius 3 is 3.04 bits per heavy atom. The molecule has 3 aromatic rings. The van der Waals surface area contributed by atoms with Crippen molar-refractivity contribution in [2.75, 3.05) is 13.1 Å². The zero-order valence-corrected chi connectivity index (χ0v) is 13.2. The van der Waals surface area contributed by atoms with Crippen LogP contribution in [-0.2, 0) is 11.3 Å². The van der Waals surface area contributed by atoms with Gasteiger partial charge in [-0.1, -0.05) is 12.1 Å². The third-order valence-corrected chi connectivity index (χ3v) is 4.56. The van der Waals surface area contributed by atoms with E-state index in [2.05, 4.69) is 4.98 Å². The number of benzene rings is 1. The molecule has 4 rings (SSSR count). The third-order valence-electron chi connectivity index (χ3n) is 4.56. The van der Waals surface area contributed by atoms with Crippen molar-refractivity contribution in [3.63, 3.8) is 0 Å². The van der Waals surface area contributed by atoms with Gasteiger partial charge in [-0.25, -0.2) is 9.78 Å². The van der Waals surface area contributed by atoms with Crippen LogP contribution in [-0.4, -0.2) is 38.0 Å². The molecule has 0 saturated carbocycles. The number of aromatic nitrogens is 3. The number of carbonyl (C=O) groups excluding carboxylic acids is 1. The summed E-state index contributed by atoms with van der Waals surface area (Å²) in [5.74, 6) is -0.554. The lowest BCUT2D eigenvalue weighted by atomic mass is 10.1. The number of rotatable bonds is 3. The maximum atomic E-state index is 12.7. The SMILES string of the molecule is O=C(Cn1c(=O)oc2ccccc21)N1CCC[C@@H](n2ccnc2)C1. The molecule has 7 nitrogen and oxygen atoms in total. The van der Waals surface area contributed by atoms with E-state index in [1.54, 1.807) is 30.7 Å². The quantitative estimate of drug-likeness (QED) is 0.734. The van der Waals surface area contributed by atoms with Crippen LogP contribution < -0.4 is 5.76 Å². The van der Waals surface area contributed by atoms with Gasteiger partial charge in [0.15, 0.2) is 5.58 Å². The monoisotopic (exact) mass is 326 g/mol. The van der Waals surface area contributed by atoms with Gasteiger partial charge in [0, 0.05) is 25.5 Å². The minimum absolute atomic E-state index is 0.00644. The lowest BCUT2D eigenvalue weighted by Crippen LogP contribution is -2.42. The molecule has 0 N–H and O–H groups in total. The van der Waals surface area contributed by atoms with Crippen molar-refractivity contribution in [1.29, 1.82) is 0 Å². The van der Waals surface area contributed by atoms with E-state index >= 15 is 0 Å². The van der Waals surface area contributed by atoms with Gasteiger partial charge in [-0.3, -0.25) is 9.36 Å². The molecule has 1 aromatic carbocycles. The molecule has 1 fully saturated rings. The normalized spacial score (nSPS) is 18.2. The second kappa shape index (κ2) is 5.99. The van der Waals surface area contributed by atoms with Gasteiger partial charge in [-0.2, -0.15) is 0 Å². The van der Waals surface area contributed by atoms with E-state index in [1.807, 2.05) is 21.7 Å². The predicted octanol–water partition coefficient (Wildman–Crippen LogP) is 1.65. The number of carbonyl (C=O) groups is 1. The summed E-state index contributed by atoms with van der Waals surface area (Å²) in [6.45, 7) is 1.36. The molecule has 1 amide bonds. The van der Waals surface area contributed by atoms with Crippen LogP contribution in [0.5, 0.6) is 0 Å². The molecule has 3 heterocycles. The van der Waals surface area contributed by atoms with Gasteiger partial charge in [0.25, 0.3) is 0 Å². The molecular formula is C17H18N4O3. The van der Waals surface area contributed by atoms with Crippen molar-refractivity contribution < 1.29 is 9.21 Å². The fraction of sp³-hybridized carbons (Fsp3) is 0.353. The predicted molar refractivity (Wildman–Crippen MR) is 87.6 cm³/mol. The lowest BCUT2D eigenvalue weighted by Gasteiger charge is -2.33. The highest BCUT2D eigenvalue weighted by molar-refractivity contribution is 5.79. The van der Waals surface area contributed by atoms with Crippen LogP contribution in [0.15, 0.2) is 52.2 Å². The number of oxazole rings is 1. The van der Waals surface area contributed by atoms with Crippen LogP contribution in [0.4, 0.5) is 0 Å². The van der Waals surface area contributed by atoms with Crippen molar-refractivity contribution >= 4 is 17.0 Å². The minimum Gasteiger partial charge on any atom is -0.408 e. The number of amides is 1. The maximum absolute atomic E-state index is 12.7. The van der Waals surface area contributed by atoms with Crippen LogP contribution in [0.2, 0.25) is 0 Å². The maximum Gasteiger partial charge on any atom is 0.420 e. The first-order valence-electron chi connectivity index (χ1n) is 8.06. The fourth-order valence-corrected chi connectivity index (χ4v) is 3.31. The first-order chi connectivity index (χ1) is 11.7. The Hall–Kier alpha value is -2.83. The molecule has 0 unspecified atom stereocenters. The zero-order valence-electron chi connectivity index (χ0n) is 13.2. The minimum atomic E-state index is -0.493. The van der Waals surface area contributed by atoms with Gasteiger partial charge in [0.05, 0.1) is 17.9 Å². The average Bonchev–Trinajstić information content (AvgIpc) is 3.24. The fourth-order valence-electron chi connectivity index (χ4n) is 3.31. The lowest BCUT2D eigenvalue weighted by molar-refractivity contribution is -0.133. The first kappa shape index (κ1) is 14.7.